The quantitative estimate of drug-likeness (QED) is 0.260. The molecule has 4 unspecified atom stereocenters. The van der Waals surface area contributed by atoms with Crippen LogP contribution in [-0.4, -0.2) is 116 Å². The van der Waals surface area contributed by atoms with E-state index in [0.717, 1.165) is 58.2 Å². The lowest BCUT2D eigenvalue weighted by atomic mass is 9.71. The summed E-state index contributed by atoms with van der Waals surface area (Å²) >= 11 is 0. The largest absolute Gasteiger partial charge is 0.481 e. The molecule has 4 atom stereocenters. The second kappa shape index (κ2) is 19.6. The standard InChI is InChI=1S/C21H38N2O3.C12H25NO.C9H15NO3/c1-15(2)21(26)9-12-23(18(14-21)20(4,5)6)19(25)13-17-7-10-22(11-8-17)16(3)24;1-9(2)12(14)6-7-13-10(8-12)11(3,4)5;1-7(11)10-4-2-8(3-5-10)6-9(12)13/h15,17-18,26H,7-14H2,1-6H3;9-10,13-14H,6-8H2,1-5H3;8H,2-6H2,1H3,(H,12,13). The Morgan fingerprint density at radius 2 is 1.11 bits per heavy atom. The second-order valence-corrected chi connectivity index (χ2v) is 19.5. The molecule has 308 valence electrons. The number of nitrogens with one attached hydrogen (secondary N) is 1. The highest BCUT2D eigenvalue weighted by Crippen LogP contribution is 2.41. The summed E-state index contributed by atoms with van der Waals surface area (Å²) in [6, 6.07) is 0.497. The van der Waals surface area contributed by atoms with Crippen molar-refractivity contribution < 1.29 is 34.5 Å². The van der Waals surface area contributed by atoms with Gasteiger partial charge in [-0.15, -0.1) is 0 Å². The molecule has 0 spiro atoms. The van der Waals surface area contributed by atoms with Crippen molar-refractivity contribution in [3.8, 4) is 0 Å². The molecule has 53 heavy (non-hydrogen) atoms. The molecule has 4 saturated heterocycles. The molecule has 0 aliphatic carbocycles. The summed E-state index contributed by atoms with van der Waals surface area (Å²) in [7, 11) is 0. The maximum Gasteiger partial charge on any atom is 0.303 e. The minimum absolute atomic E-state index is 0.0586. The van der Waals surface area contributed by atoms with Crippen LogP contribution in [0.5, 0.6) is 0 Å². The first-order chi connectivity index (χ1) is 24.3. The van der Waals surface area contributed by atoms with Crippen molar-refractivity contribution in [2.75, 3.05) is 39.3 Å². The van der Waals surface area contributed by atoms with Crippen LogP contribution < -0.4 is 5.32 Å². The summed E-state index contributed by atoms with van der Waals surface area (Å²) in [6.45, 7) is 29.3. The Morgan fingerprint density at radius 1 is 0.679 bits per heavy atom. The number of carboxylic acid groups (broad SMARTS) is 1. The Balaban J connectivity index is 0.000000303. The molecule has 0 bridgehead atoms. The van der Waals surface area contributed by atoms with Crippen LogP contribution in [0.15, 0.2) is 0 Å². The monoisotopic (exact) mass is 751 g/mol. The molecule has 4 aliphatic heterocycles. The Bertz CT molecular complexity index is 1190. The molecule has 4 aliphatic rings. The highest BCUT2D eigenvalue weighted by Gasteiger charge is 2.46. The minimum atomic E-state index is -0.735. The van der Waals surface area contributed by atoms with E-state index >= 15 is 0 Å². The van der Waals surface area contributed by atoms with Crippen molar-refractivity contribution in [1.29, 1.82) is 0 Å². The number of piperidine rings is 4. The lowest BCUT2D eigenvalue weighted by molar-refractivity contribution is -0.150. The average molecular weight is 751 g/mol. The zero-order valence-electron chi connectivity index (χ0n) is 35.6. The van der Waals surface area contributed by atoms with E-state index in [-0.39, 0.29) is 52.8 Å². The number of amides is 3. The topological polar surface area (TPSA) is 151 Å². The molecular formula is C42H78N4O7. The SMILES string of the molecule is CC(=O)N1CCC(CC(=O)N2CCC(O)(C(C)C)CC2C(C)(C)C)CC1.CC(=O)N1CCC(CC(=O)O)CC1.CC(C)C1(O)CCNC(C(C)(C)C)C1. The van der Waals surface area contributed by atoms with E-state index in [1.807, 2.05) is 9.80 Å². The van der Waals surface area contributed by atoms with Gasteiger partial charge in [0.2, 0.25) is 17.7 Å². The average Bonchev–Trinajstić information content (AvgIpc) is 3.04. The predicted octanol–water partition coefficient (Wildman–Crippen LogP) is 5.95. The van der Waals surface area contributed by atoms with Crippen molar-refractivity contribution >= 4 is 23.7 Å². The molecule has 0 aromatic heterocycles. The third-order valence-electron chi connectivity index (χ3n) is 12.8. The zero-order chi connectivity index (χ0) is 40.5. The van der Waals surface area contributed by atoms with Gasteiger partial charge in [0.25, 0.3) is 0 Å². The molecule has 0 radical (unpaired) electrons. The molecule has 3 amide bonds. The highest BCUT2D eigenvalue weighted by atomic mass is 16.4. The van der Waals surface area contributed by atoms with Crippen LogP contribution in [0.3, 0.4) is 0 Å². The maximum absolute atomic E-state index is 13.1. The number of likely N-dealkylation sites (tertiary alicyclic amines) is 3. The number of hydrogen-bond donors (Lipinski definition) is 4. The number of carbonyl (C=O) groups excluding carboxylic acids is 3. The smallest absolute Gasteiger partial charge is 0.303 e. The maximum atomic E-state index is 13.1. The lowest BCUT2D eigenvalue weighted by Crippen LogP contribution is -2.58. The van der Waals surface area contributed by atoms with Gasteiger partial charge < -0.3 is 35.3 Å². The van der Waals surface area contributed by atoms with Gasteiger partial charge in [-0.3, -0.25) is 19.2 Å². The fourth-order valence-electron chi connectivity index (χ4n) is 8.26. The van der Waals surface area contributed by atoms with Gasteiger partial charge in [0, 0.05) is 71.5 Å². The van der Waals surface area contributed by atoms with E-state index in [9.17, 15) is 29.4 Å². The van der Waals surface area contributed by atoms with Crippen LogP contribution >= 0.6 is 0 Å². The van der Waals surface area contributed by atoms with Gasteiger partial charge in [0.05, 0.1) is 11.2 Å². The van der Waals surface area contributed by atoms with Crippen molar-refractivity contribution in [1.82, 2.24) is 20.0 Å². The zero-order valence-corrected chi connectivity index (χ0v) is 35.6. The molecule has 0 aromatic rings. The first-order valence-corrected chi connectivity index (χ1v) is 20.5. The molecule has 4 rings (SSSR count). The van der Waals surface area contributed by atoms with E-state index < -0.39 is 17.2 Å². The van der Waals surface area contributed by atoms with Gasteiger partial charge >= 0.3 is 5.97 Å². The number of carboxylic acids is 1. The number of aliphatic carboxylic acids is 1. The molecule has 0 saturated carbocycles. The van der Waals surface area contributed by atoms with Crippen molar-refractivity contribution in [3.05, 3.63) is 0 Å². The summed E-state index contributed by atoms with van der Waals surface area (Å²) < 4.78 is 0. The Labute approximate surface area is 322 Å². The van der Waals surface area contributed by atoms with Gasteiger partial charge in [-0.05, 0) is 92.4 Å². The van der Waals surface area contributed by atoms with E-state index in [1.165, 1.54) is 0 Å². The van der Waals surface area contributed by atoms with E-state index in [1.54, 1.807) is 18.7 Å². The first-order valence-electron chi connectivity index (χ1n) is 20.5. The van der Waals surface area contributed by atoms with Gasteiger partial charge in [0.1, 0.15) is 0 Å². The van der Waals surface area contributed by atoms with Gasteiger partial charge in [-0.25, -0.2) is 0 Å². The number of carbonyl (C=O) groups is 4. The molecule has 4 N–H and O–H groups in total. The first kappa shape index (κ1) is 46.9. The molecule has 11 heteroatoms. The number of aliphatic hydroxyl groups is 2. The molecule has 4 heterocycles. The number of rotatable bonds is 6. The van der Waals surface area contributed by atoms with Gasteiger partial charge in [-0.1, -0.05) is 69.2 Å². The normalized spacial score (nSPS) is 27.8. The van der Waals surface area contributed by atoms with Gasteiger partial charge in [-0.2, -0.15) is 0 Å². The Kier molecular flexibility index (Phi) is 17.3. The number of hydrogen-bond acceptors (Lipinski definition) is 7. The summed E-state index contributed by atoms with van der Waals surface area (Å²) in [4.78, 5) is 51.6. The van der Waals surface area contributed by atoms with Crippen LogP contribution in [0, 0.1) is 34.5 Å². The fourth-order valence-corrected chi connectivity index (χ4v) is 8.26. The molecular weight excluding hydrogens is 672 g/mol. The second-order valence-electron chi connectivity index (χ2n) is 19.5. The lowest BCUT2D eigenvalue weighted by Gasteiger charge is -2.51. The van der Waals surface area contributed by atoms with Crippen LogP contribution in [0.2, 0.25) is 0 Å². The third kappa shape index (κ3) is 14.4. The molecule has 0 aromatic carbocycles. The van der Waals surface area contributed by atoms with Gasteiger partial charge in [0.15, 0.2) is 0 Å². The van der Waals surface area contributed by atoms with Crippen molar-refractivity contribution in [3.63, 3.8) is 0 Å². The Hall–Kier alpha value is -2.24. The van der Waals surface area contributed by atoms with Crippen LogP contribution in [0.1, 0.15) is 147 Å². The molecule has 11 nitrogen and oxygen atoms in total. The summed E-state index contributed by atoms with van der Waals surface area (Å²) in [5.74, 6) is 0.881. The Morgan fingerprint density at radius 3 is 1.49 bits per heavy atom. The fraction of sp³-hybridized carbons (Fsp3) is 0.905. The molecule has 4 fully saturated rings. The minimum Gasteiger partial charge on any atom is -0.481 e. The summed E-state index contributed by atoms with van der Waals surface area (Å²) in [6.07, 6.45) is 7.37. The summed E-state index contributed by atoms with van der Waals surface area (Å²) in [5.41, 5.74) is -0.953. The van der Waals surface area contributed by atoms with E-state index in [2.05, 4.69) is 74.6 Å². The van der Waals surface area contributed by atoms with Crippen molar-refractivity contribution in [2.45, 2.75) is 171 Å². The van der Waals surface area contributed by atoms with Crippen LogP contribution in [-0.2, 0) is 19.2 Å². The van der Waals surface area contributed by atoms with E-state index in [0.29, 0.717) is 56.8 Å². The number of nitrogens with zero attached hydrogens (tertiary/aromatic N) is 3. The van der Waals surface area contributed by atoms with Crippen LogP contribution in [0.4, 0.5) is 0 Å². The third-order valence-corrected chi connectivity index (χ3v) is 12.8. The summed E-state index contributed by atoms with van der Waals surface area (Å²) in [5, 5.41) is 33.5. The predicted molar refractivity (Wildman–Crippen MR) is 211 cm³/mol. The van der Waals surface area contributed by atoms with E-state index in [4.69, 9.17) is 5.11 Å². The van der Waals surface area contributed by atoms with Crippen molar-refractivity contribution in [2.24, 2.45) is 34.5 Å². The van der Waals surface area contributed by atoms with Crippen LogP contribution in [0.25, 0.3) is 0 Å². The highest BCUT2D eigenvalue weighted by molar-refractivity contribution is 5.77.